The lowest BCUT2D eigenvalue weighted by atomic mass is 9.71. The lowest BCUT2D eigenvalue weighted by Crippen LogP contribution is -2.54. The van der Waals surface area contributed by atoms with Gasteiger partial charge in [-0.1, -0.05) is 19.3 Å². The number of nitrogens with two attached hydrogens (primary N) is 1. The maximum Gasteiger partial charge on any atom is 0.236 e. The van der Waals surface area contributed by atoms with E-state index in [2.05, 4.69) is 4.90 Å². The van der Waals surface area contributed by atoms with Crippen LogP contribution in [0.3, 0.4) is 0 Å². The van der Waals surface area contributed by atoms with Crippen LogP contribution in [-0.2, 0) is 14.3 Å². The zero-order chi connectivity index (χ0) is 18.4. The van der Waals surface area contributed by atoms with Crippen molar-refractivity contribution in [1.82, 2.24) is 14.7 Å². The summed E-state index contributed by atoms with van der Waals surface area (Å²) in [7, 11) is 0. The van der Waals surface area contributed by atoms with Gasteiger partial charge in [0.25, 0.3) is 0 Å². The second-order valence-corrected chi connectivity index (χ2v) is 8.09. The lowest BCUT2D eigenvalue weighted by Gasteiger charge is -2.40. The van der Waals surface area contributed by atoms with Crippen molar-refractivity contribution in [2.24, 2.45) is 11.1 Å². The average molecular weight is 367 g/mol. The van der Waals surface area contributed by atoms with E-state index >= 15 is 0 Å². The number of hydrogen-bond donors (Lipinski definition) is 1. The molecule has 3 rings (SSSR count). The van der Waals surface area contributed by atoms with Crippen LogP contribution in [0.2, 0.25) is 0 Å². The minimum absolute atomic E-state index is 0.0125. The highest BCUT2D eigenvalue weighted by Crippen LogP contribution is 2.38. The molecule has 2 saturated heterocycles. The van der Waals surface area contributed by atoms with Crippen LogP contribution in [0.15, 0.2) is 0 Å². The van der Waals surface area contributed by atoms with E-state index in [4.69, 9.17) is 10.5 Å². The molecule has 1 saturated carbocycles. The molecule has 0 aromatic rings. The zero-order valence-electron chi connectivity index (χ0n) is 16.0. The van der Waals surface area contributed by atoms with E-state index in [0.717, 1.165) is 25.9 Å². The van der Waals surface area contributed by atoms with Gasteiger partial charge in [-0.3, -0.25) is 14.5 Å². The molecular weight excluding hydrogens is 332 g/mol. The molecule has 0 bridgehead atoms. The van der Waals surface area contributed by atoms with Gasteiger partial charge in [0.15, 0.2) is 0 Å². The molecule has 0 atom stereocenters. The first-order valence-electron chi connectivity index (χ1n) is 10.2. The first-order valence-corrected chi connectivity index (χ1v) is 10.2. The van der Waals surface area contributed by atoms with E-state index in [1.54, 1.807) is 0 Å². The maximum absolute atomic E-state index is 12.8. The number of morpholine rings is 1. The number of nitrogens with zero attached hydrogens (tertiary/aromatic N) is 3. The Labute approximate surface area is 156 Å². The second-order valence-electron chi connectivity index (χ2n) is 8.09. The van der Waals surface area contributed by atoms with Gasteiger partial charge in [-0.25, -0.2) is 0 Å². The minimum atomic E-state index is 0.0125. The van der Waals surface area contributed by atoms with E-state index in [0.29, 0.717) is 58.9 Å². The molecule has 0 radical (unpaired) electrons. The van der Waals surface area contributed by atoms with Gasteiger partial charge in [-0.15, -0.1) is 0 Å². The summed E-state index contributed by atoms with van der Waals surface area (Å²) in [5, 5.41) is 0. The van der Waals surface area contributed by atoms with Crippen molar-refractivity contribution in [2.45, 2.75) is 38.5 Å². The molecule has 3 aliphatic rings. The normalized spacial score (nSPS) is 24.5. The summed E-state index contributed by atoms with van der Waals surface area (Å²) >= 11 is 0. The van der Waals surface area contributed by atoms with Crippen molar-refractivity contribution in [2.75, 3.05) is 65.6 Å². The van der Waals surface area contributed by atoms with Crippen LogP contribution in [0.25, 0.3) is 0 Å². The third kappa shape index (κ3) is 4.96. The molecule has 0 aromatic heterocycles. The quantitative estimate of drug-likeness (QED) is 0.757. The maximum atomic E-state index is 12.8. The number of amides is 2. The highest BCUT2D eigenvalue weighted by molar-refractivity contribution is 5.80. The minimum Gasteiger partial charge on any atom is -0.379 e. The van der Waals surface area contributed by atoms with E-state index in [-0.39, 0.29) is 17.2 Å². The molecule has 0 spiro atoms. The lowest BCUT2D eigenvalue weighted by molar-refractivity contribution is -0.142. The van der Waals surface area contributed by atoms with Crippen molar-refractivity contribution in [1.29, 1.82) is 0 Å². The summed E-state index contributed by atoms with van der Waals surface area (Å²) in [6, 6.07) is 0. The molecule has 2 aliphatic heterocycles. The molecule has 1 aliphatic carbocycles. The summed E-state index contributed by atoms with van der Waals surface area (Å²) in [6.45, 7) is 6.72. The summed E-state index contributed by atoms with van der Waals surface area (Å²) < 4.78 is 5.33. The van der Waals surface area contributed by atoms with Gasteiger partial charge in [0, 0.05) is 45.7 Å². The van der Waals surface area contributed by atoms with Crippen LogP contribution in [0, 0.1) is 5.41 Å². The van der Waals surface area contributed by atoms with Crippen molar-refractivity contribution in [3.63, 3.8) is 0 Å². The van der Waals surface area contributed by atoms with Crippen molar-refractivity contribution in [3.8, 4) is 0 Å². The average Bonchev–Trinajstić information content (AvgIpc) is 2.69. The smallest absolute Gasteiger partial charge is 0.236 e. The molecule has 0 unspecified atom stereocenters. The fraction of sp³-hybridized carbons (Fsp3) is 0.895. The van der Waals surface area contributed by atoms with Crippen LogP contribution in [-0.4, -0.2) is 92.1 Å². The SMILES string of the molecule is NCC1(CC(=O)N2CCN(C(=O)CN3CCOCC3)CC2)CCCCC1. The van der Waals surface area contributed by atoms with Gasteiger partial charge in [0.1, 0.15) is 0 Å². The van der Waals surface area contributed by atoms with E-state index in [1.807, 2.05) is 9.80 Å². The molecule has 3 fully saturated rings. The predicted octanol–water partition coefficient (Wildman–Crippen LogP) is 0.289. The fourth-order valence-corrected chi connectivity index (χ4v) is 4.44. The highest BCUT2D eigenvalue weighted by Gasteiger charge is 2.35. The molecule has 2 heterocycles. The summed E-state index contributed by atoms with van der Waals surface area (Å²) in [5.74, 6) is 0.391. The molecule has 2 amide bonds. The van der Waals surface area contributed by atoms with Crippen LogP contribution in [0.4, 0.5) is 0 Å². The summed E-state index contributed by atoms with van der Waals surface area (Å²) in [6.07, 6.45) is 6.37. The fourth-order valence-electron chi connectivity index (χ4n) is 4.44. The third-order valence-corrected chi connectivity index (χ3v) is 6.32. The second kappa shape index (κ2) is 9.15. The molecule has 7 nitrogen and oxygen atoms in total. The van der Waals surface area contributed by atoms with E-state index < -0.39 is 0 Å². The standard InChI is InChI=1S/C19H34N4O3/c20-16-19(4-2-1-3-5-19)14-17(24)22-6-8-23(9-7-22)18(25)15-21-10-12-26-13-11-21/h1-16,20H2. The number of hydrogen-bond acceptors (Lipinski definition) is 5. The van der Waals surface area contributed by atoms with Crippen molar-refractivity contribution < 1.29 is 14.3 Å². The van der Waals surface area contributed by atoms with Crippen LogP contribution >= 0.6 is 0 Å². The van der Waals surface area contributed by atoms with Crippen LogP contribution in [0.1, 0.15) is 38.5 Å². The molecule has 7 heteroatoms. The summed E-state index contributed by atoms with van der Waals surface area (Å²) in [5.41, 5.74) is 6.04. The summed E-state index contributed by atoms with van der Waals surface area (Å²) in [4.78, 5) is 31.2. The van der Waals surface area contributed by atoms with Gasteiger partial charge < -0.3 is 20.3 Å². The predicted molar refractivity (Wildman–Crippen MR) is 99.6 cm³/mol. The van der Waals surface area contributed by atoms with E-state index in [9.17, 15) is 9.59 Å². The van der Waals surface area contributed by atoms with Gasteiger partial charge >= 0.3 is 0 Å². The Morgan fingerprint density at radius 1 is 0.846 bits per heavy atom. The van der Waals surface area contributed by atoms with Crippen LogP contribution < -0.4 is 5.73 Å². The Morgan fingerprint density at radius 3 is 2.00 bits per heavy atom. The number of rotatable bonds is 5. The Morgan fingerprint density at radius 2 is 1.42 bits per heavy atom. The number of carbonyl (C=O) groups is 2. The Hall–Kier alpha value is -1.18. The largest absolute Gasteiger partial charge is 0.379 e. The highest BCUT2D eigenvalue weighted by atomic mass is 16.5. The third-order valence-electron chi connectivity index (χ3n) is 6.32. The molecule has 2 N–H and O–H groups in total. The molecule has 0 aromatic carbocycles. The topological polar surface area (TPSA) is 79.1 Å². The van der Waals surface area contributed by atoms with Gasteiger partial charge in [-0.2, -0.15) is 0 Å². The van der Waals surface area contributed by atoms with Gasteiger partial charge in [-0.05, 0) is 24.8 Å². The number of carbonyl (C=O) groups excluding carboxylic acids is 2. The van der Waals surface area contributed by atoms with Crippen molar-refractivity contribution in [3.05, 3.63) is 0 Å². The van der Waals surface area contributed by atoms with Crippen LogP contribution in [0.5, 0.6) is 0 Å². The van der Waals surface area contributed by atoms with Gasteiger partial charge in [0.2, 0.25) is 11.8 Å². The van der Waals surface area contributed by atoms with Gasteiger partial charge in [0.05, 0.1) is 19.8 Å². The molecule has 26 heavy (non-hydrogen) atoms. The first kappa shape index (κ1) is 19.6. The monoisotopic (exact) mass is 366 g/mol. The first-order chi connectivity index (χ1) is 12.6. The Bertz CT molecular complexity index is 479. The molecular formula is C19H34N4O3. The Kier molecular flexibility index (Phi) is 6.89. The molecule has 148 valence electrons. The van der Waals surface area contributed by atoms with E-state index in [1.165, 1.54) is 19.3 Å². The number of piperazine rings is 1. The Balaban J connectivity index is 1.43. The van der Waals surface area contributed by atoms with Crippen molar-refractivity contribution >= 4 is 11.8 Å². The zero-order valence-corrected chi connectivity index (χ0v) is 16.0. The number of ether oxygens (including phenoxy) is 1.